The Morgan fingerprint density at radius 3 is 2.63 bits per heavy atom. The molecule has 1 N–H and O–H groups in total. The molecule has 1 aliphatic heterocycles. The number of furan rings is 1. The van der Waals surface area contributed by atoms with E-state index in [-0.39, 0.29) is 17.6 Å². The van der Waals surface area contributed by atoms with Gasteiger partial charge in [-0.3, -0.25) is 19.8 Å². The molecule has 1 atom stereocenters. The summed E-state index contributed by atoms with van der Waals surface area (Å²) in [5, 5.41) is 13.6. The normalized spacial score (nSPS) is 16.3. The smallest absolute Gasteiger partial charge is 0.269 e. The summed E-state index contributed by atoms with van der Waals surface area (Å²) in [6.45, 7) is 3.28. The highest BCUT2D eigenvalue weighted by molar-refractivity contribution is 5.91. The van der Waals surface area contributed by atoms with Gasteiger partial charge >= 0.3 is 0 Å². The minimum atomic E-state index is -0.458. The molecule has 8 heteroatoms. The molecule has 1 unspecified atom stereocenters. The van der Waals surface area contributed by atoms with Crippen molar-refractivity contribution in [3.8, 4) is 0 Å². The highest BCUT2D eigenvalue weighted by Gasteiger charge is 2.24. The molecule has 0 radical (unpaired) electrons. The molecule has 27 heavy (non-hydrogen) atoms. The Morgan fingerprint density at radius 2 is 2.00 bits per heavy atom. The lowest BCUT2D eigenvalue weighted by molar-refractivity contribution is -0.384. The van der Waals surface area contributed by atoms with Gasteiger partial charge in [0.25, 0.3) is 5.69 Å². The van der Waals surface area contributed by atoms with E-state index in [1.54, 1.807) is 24.5 Å². The lowest BCUT2D eigenvalue weighted by Gasteiger charge is -2.33. The van der Waals surface area contributed by atoms with Crippen LogP contribution in [0, 0.1) is 10.1 Å². The summed E-state index contributed by atoms with van der Waals surface area (Å²) in [6, 6.07) is 9.69. The monoisotopic (exact) mass is 371 g/mol. The third kappa shape index (κ3) is 5.25. The highest BCUT2D eigenvalue weighted by atomic mass is 16.6. The van der Waals surface area contributed by atoms with E-state index in [9.17, 15) is 14.9 Å². The van der Waals surface area contributed by atoms with E-state index in [1.165, 1.54) is 18.2 Å². The van der Waals surface area contributed by atoms with Crippen LogP contribution in [0.3, 0.4) is 0 Å². The van der Waals surface area contributed by atoms with Gasteiger partial charge in [-0.25, -0.2) is 0 Å². The zero-order chi connectivity index (χ0) is 19.1. The Labute approximate surface area is 156 Å². The molecule has 8 nitrogen and oxygen atoms in total. The highest BCUT2D eigenvalue weighted by Crippen LogP contribution is 2.21. The largest absolute Gasteiger partial charge is 0.468 e. The third-order valence-corrected chi connectivity index (χ3v) is 4.36. The molecular weight excluding hydrogens is 350 g/mol. The van der Waals surface area contributed by atoms with Crippen molar-refractivity contribution in [3.63, 3.8) is 0 Å². The number of carbonyl (C=O) groups is 1. The van der Waals surface area contributed by atoms with Gasteiger partial charge < -0.3 is 14.5 Å². The van der Waals surface area contributed by atoms with Gasteiger partial charge in [-0.05, 0) is 35.9 Å². The number of nitrogens with zero attached hydrogens (tertiary/aromatic N) is 2. The van der Waals surface area contributed by atoms with Crippen molar-refractivity contribution < 1.29 is 18.9 Å². The predicted octanol–water partition coefficient (Wildman–Crippen LogP) is 2.39. The molecule has 2 aromatic rings. The molecule has 1 aromatic heterocycles. The number of benzene rings is 1. The Bertz CT molecular complexity index is 780. The van der Waals surface area contributed by atoms with Gasteiger partial charge in [-0.15, -0.1) is 0 Å². The number of rotatable bonds is 7. The van der Waals surface area contributed by atoms with E-state index in [2.05, 4.69) is 10.2 Å². The number of non-ortho nitro benzene ring substituents is 1. The Morgan fingerprint density at radius 1 is 1.26 bits per heavy atom. The van der Waals surface area contributed by atoms with Crippen LogP contribution in [0.5, 0.6) is 0 Å². The van der Waals surface area contributed by atoms with Crippen LogP contribution in [0.25, 0.3) is 6.08 Å². The summed E-state index contributed by atoms with van der Waals surface area (Å²) in [7, 11) is 0. The molecular formula is C19H21N3O5. The van der Waals surface area contributed by atoms with E-state index in [4.69, 9.17) is 9.15 Å². The summed E-state index contributed by atoms with van der Waals surface area (Å²) in [4.78, 5) is 24.6. The summed E-state index contributed by atoms with van der Waals surface area (Å²) in [5.74, 6) is 0.565. The standard InChI is InChI=1S/C19H21N3O5/c23-19(8-5-15-3-6-16(7-4-15)22(24)25)20-14-17(18-2-1-11-27-18)21-9-12-26-13-10-21/h1-8,11,17H,9-10,12-14H2,(H,20,23)/b8-5+. The molecule has 3 rings (SSSR count). The van der Waals surface area contributed by atoms with Crippen molar-refractivity contribution in [3.05, 3.63) is 70.2 Å². The second kappa shape index (κ2) is 9.11. The molecule has 1 aliphatic rings. The van der Waals surface area contributed by atoms with E-state index >= 15 is 0 Å². The number of hydrogen-bond acceptors (Lipinski definition) is 6. The molecule has 1 fully saturated rings. The lowest BCUT2D eigenvalue weighted by Crippen LogP contribution is -2.43. The van der Waals surface area contributed by atoms with Crippen LogP contribution in [0.4, 0.5) is 5.69 Å². The number of nitro groups is 1. The van der Waals surface area contributed by atoms with Crippen LogP contribution in [0.1, 0.15) is 17.4 Å². The predicted molar refractivity (Wildman–Crippen MR) is 99.0 cm³/mol. The average molecular weight is 371 g/mol. The lowest BCUT2D eigenvalue weighted by atomic mass is 10.1. The Kier molecular flexibility index (Phi) is 6.35. The van der Waals surface area contributed by atoms with Gasteiger partial charge in [-0.1, -0.05) is 0 Å². The van der Waals surface area contributed by atoms with Crippen molar-refractivity contribution in [2.75, 3.05) is 32.8 Å². The molecule has 1 aromatic carbocycles. The fraction of sp³-hybridized carbons (Fsp3) is 0.316. The first-order valence-corrected chi connectivity index (χ1v) is 8.69. The fourth-order valence-corrected chi connectivity index (χ4v) is 2.91. The number of hydrogen-bond donors (Lipinski definition) is 1. The number of nitrogens with one attached hydrogen (secondary N) is 1. The van der Waals surface area contributed by atoms with Crippen LogP contribution in [0.2, 0.25) is 0 Å². The molecule has 2 heterocycles. The van der Waals surface area contributed by atoms with Crippen molar-refractivity contribution in [1.29, 1.82) is 0 Å². The summed E-state index contributed by atoms with van der Waals surface area (Å²) >= 11 is 0. The van der Waals surface area contributed by atoms with E-state index in [0.29, 0.717) is 25.3 Å². The van der Waals surface area contributed by atoms with Crippen LogP contribution in [0.15, 0.2) is 53.2 Å². The Hall–Kier alpha value is -2.97. The Balaban J connectivity index is 1.57. The van der Waals surface area contributed by atoms with Crippen LogP contribution in [-0.2, 0) is 9.53 Å². The zero-order valence-electron chi connectivity index (χ0n) is 14.7. The van der Waals surface area contributed by atoms with Crippen LogP contribution in [-0.4, -0.2) is 48.6 Å². The number of ether oxygens (including phenoxy) is 1. The molecule has 0 saturated carbocycles. The van der Waals surface area contributed by atoms with Crippen molar-refractivity contribution >= 4 is 17.7 Å². The number of carbonyl (C=O) groups excluding carboxylic acids is 1. The van der Waals surface area contributed by atoms with Gasteiger partial charge in [0.2, 0.25) is 5.91 Å². The molecule has 142 valence electrons. The minimum Gasteiger partial charge on any atom is -0.468 e. The number of amides is 1. The van der Waals surface area contributed by atoms with Gasteiger partial charge in [0.1, 0.15) is 5.76 Å². The van der Waals surface area contributed by atoms with Crippen LogP contribution < -0.4 is 5.32 Å². The second-order valence-corrected chi connectivity index (χ2v) is 6.11. The maximum Gasteiger partial charge on any atom is 0.269 e. The van der Waals surface area contributed by atoms with Crippen molar-refractivity contribution in [1.82, 2.24) is 10.2 Å². The molecule has 0 aliphatic carbocycles. The summed E-state index contributed by atoms with van der Waals surface area (Å²) in [6.07, 6.45) is 4.66. The first kappa shape index (κ1) is 18.8. The average Bonchev–Trinajstić information content (AvgIpc) is 3.22. The molecule has 0 bridgehead atoms. The molecule has 1 saturated heterocycles. The zero-order valence-corrected chi connectivity index (χ0v) is 14.7. The second-order valence-electron chi connectivity index (χ2n) is 6.11. The topological polar surface area (TPSA) is 97.8 Å². The SMILES string of the molecule is O=C(/C=C/c1ccc([N+](=O)[O-])cc1)NCC(c1ccco1)N1CCOCC1. The number of nitro benzene ring substituents is 1. The van der Waals surface area contributed by atoms with Gasteiger partial charge in [0.05, 0.1) is 30.4 Å². The van der Waals surface area contributed by atoms with Crippen LogP contribution >= 0.6 is 0 Å². The minimum absolute atomic E-state index is 0.0170. The number of morpholine rings is 1. The molecule has 0 spiro atoms. The van der Waals surface area contributed by atoms with Crippen molar-refractivity contribution in [2.24, 2.45) is 0 Å². The summed E-state index contributed by atoms with van der Waals surface area (Å²) in [5.41, 5.74) is 0.731. The molecule has 1 amide bonds. The maximum absolute atomic E-state index is 12.2. The van der Waals surface area contributed by atoms with Gasteiger partial charge in [0, 0.05) is 37.8 Å². The van der Waals surface area contributed by atoms with E-state index in [1.807, 2.05) is 12.1 Å². The maximum atomic E-state index is 12.2. The fourth-order valence-electron chi connectivity index (χ4n) is 2.91. The summed E-state index contributed by atoms with van der Waals surface area (Å²) < 4.78 is 10.9. The van der Waals surface area contributed by atoms with E-state index in [0.717, 1.165) is 18.8 Å². The van der Waals surface area contributed by atoms with E-state index < -0.39 is 4.92 Å². The van der Waals surface area contributed by atoms with Crippen molar-refractivity contribution in [2.45, 2.75) is 6.04 Å². The van der Waals surface area contributed by atoms with Gasteiger partial charge in [-0.2, -0.15) is 0 Å². The van der Waals surface area contributed by atoms with Gasteiger partial charge in [0.15, 0.2) is 0 Å². The quantitative estimate of drug-likeness (QED) is 0.456. The first-order chi connectivity index (χ1) is 13.1. The first-order valence-electron chi connectivity index (χ1n) is 8.69. The third-order valence-electron chi connectivity index (χ3n) is 4.36.